The van der Waals surface area contributed by atoms with E-state index in [-0.39, 0.29) is 0 Å². The number of aromatic nitrogens is 1. The predicted octanol–water partition coefficient (Wildman–Crippen LogP) is 4.57. The molecule has 0 aliphatic heterocycles. The van der Waals surface area contributed by atoms with E-state index in [1.165, 1.54) is 10.9 Å². The largest absolute Gasteiger partial charge is 0.508 e. The van der Waals surface area contributed by atoms with Crippen LogP contribution >= 0.6 is 11.8 Å². The Balaban J connectivity index is 2.47. The van der Waals surface area contributed by atoms with Gasteiger partial charge in [0.05, 0.1) is 5.52 Å². The van der Waals surface area contributed by atoms with E-state index in [0.29, 0.717) is 17.0 Å². The summed E-state index contributed by atoms with van der Waals surface area (Å²) >= 11 is 1.95. The van der Waals surface area contributed by atoms with Crippen LogP contribution < -0.4 is 0 Å². The van der Waals surface area contributed by atoms with Crippen LogP contribution in [0.1, 0.15) is 39.3 Å². The minimum atomic E-state index is 0.338. The minimum absolute atomic E-state index is 0.338. The molecular formula is C15H21NOS. The Morgan fingerprint density at radius 1 is 1.22 bits per heavy atom. The van der Waals surface area contributed by atoms with E-state index in [9.17, 15) is 5.11 Å². The van der Waals surface area contributed by atoms with Gasteiger partial charge in [-0.25, -0.2) is 0 Å². The number of hydrogen-bond acceptors (Lipinski definition) is 2. The molecule has 0 aliphatic rings. The number of hydrogen-bond donors (Lipinski definition) is 1. The maximum absolute atomic E-state index is 9.65. The van der Waals surface area contributed by atoms with Crippen LogP contribution in [0.5, 0.6) is 5.75 Å². The smallest absolute Gasteiger partial charge is 0.117 e. The van der Waals surface area contributed by atoms with Crippen molar-refractivity contribution >= 4 is 22.7 Å². The summed E-state index contributed by atoms with van der Waals surface area (Å²) in [6, 6.07) is 6.07. The Morgan fingerprint density at radius 3 is 2.56 bits per heavy atom. The zero-order valence-electron chi connectivity index (χ0n) is 11.5. The van der Waals surface area contributed by atoms with Crippen molar-refractivity contribution in [2.75, 3.05) is 0 Å². The predicted molar refractivity (Wildman–Crippen MR) is 80.4 cm³/mol. The quantitative estimate of drug-likeness (QED) is 0.874. The Morgan fingerprint density at radius 2 is 1.94 bits per heavy atom. The van der Waals surface area contributed by atoms with E-state index >= 15 is 0 Å². The minimum Gasteiger partial charge on any atom is -0.508 e. The van der Waals surface area contributed by atoms with Gasteiger partial charge < -0.3 is 9.67 Å². The molecular weight excluding hydrogens is 242 g/mol. The highest BCUT2D eigenvalue weighted by atomic mass is 32.2. The zero-order chi connectivity index (χ0) is 13.3. The second kappa shape index (κ2) is 5.27. The summed E-state index contributed by atoms with van der Waals surface area (Å²) < 4.78 is 2.24. The van der Waals surface area contributed by atoms with Crippen molar-refractivity contribution in [3.63, 3.8) is 0 Å². The average molecular weight is 263 g/mol. The van der Waals surface area contributed by atoms with Crippen molar-refractivity contribution in [2.45, 2.75) is 44.7 Å². The third-order valence-corrected chi connectivity index (χ3v) is 4.17. The fourth-order valence-corrected chi connectivity index (χ4v) is 2.85. The second-order valence-corrected chi connectivity index (χ2v) is 6.78. The van der Waals surface area contributed by atoms with Crippen LogP contribution in [0.25, 0.3) is 10.9 Å². The summed E-state index contributed by atoms with van der Waals surface area (Å²) in [7, 11) is 0. The normalized spacial score (nSPS) is 11.9. The first kappa shape index (κ1) is 13.3. The number of aromatic hydroxyl groups is 1. The molecule has 3 heteroatoms. The number of phenols is 1. The van der Waals surface area contributed by atoms with Crippen molar-refractivity contribution in [3.8, 4) is 5.75 Å². The van der Waals surface area contributed by atoms with E-state index < -0.39 is 0 Å². The van der Waals surface area contributed by atoms with Gasteiger partial charge in [0, 0.05) is 29.4 Å². The third-order valence-electron chi connectivity index (χ3n) is 3.03. The number of thioether (sulfide) groups is 1. The molecule has 0 unspecified atom stereocenters. The monoisotopic (exact) mass is 263 g/mol. The summed E-state index contributed by atoms with van der Waals surface area (Å²) in [6.07, 6.45) is 2.23. The van der Waals surface area contributed by atoms with Crippen LogP contribution in [-0.4, -0.2) is 14.9 Å². The van der Waals surface area contributed by atoms with E-state index in [1.807, 2.05) is 23.9 Å². The molecule has 98 valence electrons. The van der Waals surface area contributed by atoms with Gasteiger partial charge >= 0.3 is 0 Å². The van der Waals surface area contributed by atoms with E-state index in [2.05, 4.69) is 38.5 Å². The molecule has 2 aromatic rings. The maximum Gasteiger partial charge on any atom is 0.117 e. The summed E-state index contributed by atoms with van der Waals surface area (Å²) in [5.74, 6) is 1.36. The van der Waals surface area contributed by atoms with Gasteiger partial charge in [0.2, 0.25) is 0 Å². The first-order chi connectivity index (χ1) is 8.49. The summed E-state index contributed by atoms with van der Waals surface area (Å²) in [5.41, 5.74) is 2.49. The van der Waals surface area contributed by atoms with Gasteiger partial charge in [-0.05, 0) is 36.8 Å². The van der Waals surface area contributed by atoms with E-state index in [4.69, 9.17) is 0 Å². The van der Waals surface area contributed by atoms with E-state index in [1.54, 1.807) is 6.07 Å². The highest BCUT2D eigenvalue weighted by molar-refractivity contribution is 7.99. The molecule has 0 saturated carbocycles. The lowest BCUT2D eigenvalue weighted by atomic mass is 10.2. The molecule has 0 saturated heterocycles. The van der Waals surface area contributed by atoms with Crippen LogP contribution in [0.3, 0.4) is 0 Å². The zero-order valence-corrected chi connectivity index (χ0v) is 12.3. The molecule has 18 heavy (non-hydrogen) atoms. The molecule has 0 fully saturated rings. The van der Waals surface area contributed by atoms with Crippen LogP contribution in [-0.2, 0) is 5.75 Å². The van der Waals surface area contributed by atoms with Crippen molar-refractivity contribution in [3.05, 3.63) is 30.0 Å². The van der Waals surface area contributed by atoms with Crippen molar-refractivity contribution in [2.24, 2.45) is 0 Å². The Labute approximate surface area is 113 Å². The molecule has 2 rings (SSSR count). The number of fused-ring (bicyclic) bond motifs is 1. The first-order valence-electron chi connectivity index (χ1n) is 6.43. The van der Waals surface area contributed by atoms with Gasteiger partial charge in [0.25, 0.3) is 0 Å². The number of phenolic OH excluding ortho intramolecular Hbond substituents is 1. The molecule has 1 N–H and O–H groups in total. The van der Waals surface area contributed by atoms with Gasteiger partial charge in [0.15, 0.2) is 0 Å². The summed E-state index contributed by atoms with van der Waals surface area (Å²) in [5, 5.41) is 11.5. The fraction of sp³-hybridized carbons (Fsp3) is 0.467. The van der Waals surface area contributed by atoms with Crippen molar-refractivity contribution in [1.29, 1.82) is 0 Å². The van der Waals surface area contributed by atoms with Gasteiger partial charge in [-0.3, -0.25) is 0 Å². The van der Waals surface area contributed by atoms with Crippen LogP contribution in [0, 0.1) is 0 Å². The van der Waals surface area contributed by atoms with Crippen molar-refractivity contribution in [1.82, 2.24) is 4.57 Å². The molecule has 0 aliphatic carbocycles. The maximum atomic E-state index is 9.65. The van der Waals surface area contributed by atoms with Crippen molar-refractivity contribution < 1.29 is 5.11 Å². The number of rotatable bonds is 4. The lowest BCUT2D eigenvalue weighted by molar-refractivity contribution is 0.475. The van der Waals surface area contributed by atoms with Crippen LogP contribution in [0.2, 0.25) is 0 Å². The Kier molecular flexibility index (Phi) is 3.91. The molecule has 0 bridgehead atoms. The first-order valence-corrected chi connectivity index (χ1v) is 7.48. The lowest BCUT2D eigenvalue weighted by Crippen LogP contribution is -1.97. The van der Waals surface area contributed by atoms with Gasteiger partial charge in [-0.15, -0.1) is 0 Å². The SMILES string of the molecule is CC(C)SCc1cn(C(C)C)c2cc(O)ccc12. The molecule has 1 heterocycles. The molecule has 0 spiro atoms. The van der Waals surface area contributed by atoms with Crippen LogP contribution in [0.15, 0.2) is 24.4 Å². The number of nitrogens with zero attached hydrogens (tertiary/aromatic N) is 1. The Hall–Kier alpha value is -1.09. The van der Waals surface area contributed by atoms with Gasteiger partial charge in [-0.1, -0.05) is 13.8 Å². The van der Waals surface area contributed by atoms with Crippen LogP contribution in [0.4, 0.5) is 0 Å². The highest BCUT2D eigenvalue weighted by Gasteiger charge is 2.11. The second-order valence-electron chi connectivity index (χ2n) is 5.22. The van der Waals surface area contributed by atoms with Gasteiger partial charge in [0.1, 0.15) is 5.75 Å². The van der Waals surface area contributed by atoms with E-state index in [0.717, 1.165) is 11.3 Å². The molecule has 0 radical (unpaired) electrons. The third kappa shape index (κ3) is 2.66. The molecule has 0 atom stereocenters. The fourth-order valence-electron chi connectivity index (χ4n) is 2.11. The standard InChI is InChI=1S/C15H21NOS/c1-10(2)16-8-12(9-18-11(3)4)14-6-5-13(17)7-15(14)16/h5-8,10-11,17H,9H2,1-4H3. The Bertz CT molecular complexity index is 543. The highest BCUT2D eigenvalue weighted by Crippen LogP contribution is 2.30. The van der Waals surface area contributed by atoms with Gasteiger partial charge in [-0.2, -0.15) is 11.8 Å². The molecule has 0 amide bonds. The average Bonchev–Trinajstić information content (AvgIpc) is 2.64. The number of benzene rings is 1. The lowest BCUT2D eigenvalue weighted by Gasteiger charge is -2.08. The molecule has 1 aromatic heterocycles. The molecule has 2 nitrogen and oxygen atoms in total. The summed E-state index contributed by atoms with van der Waals surface area (Å²) in [4.78, 5) is 0. The molecule has 1 aromatic carbocycles. The topological polar surface area (TPSA) is 25.2 Å². The summed E-state index contributed by atoms with van der Waals surface area (Å²) in [6.45, 7) is 8.78.